The number of aliphatic hydroxyl groups excluding tert-OH is 1. The number of ether oxygens (including phenoxy) is 12. The zero-order valence-electron chi connectivity index (χ0n) is 50.7. The van der Waals surface area contributed by atoms with Gasteiger partial charge in [-0.2, -0.15) is 0 Å². The summed E-state index contributed by atoms with van der Waals surface area (Å²) in [4.78, 5) is 9.82. The maximum atomic E-state index is 9.82. The van der Waals surface area contributed by atoms with Crippen molar-refractivity contribution < 1.29 is 87.2 Å². The zero-order valence-corrected chi connectivity index (χ0v) is 52.3. The summed E-state index contributed by atoms with van der Waals surface area (Å²) in [5.74, 6) is 6.15. The Labute approximate surface area is 511 Å². The van der Waals surface area contributed by atoms with E-state index in [2.05, 4.69) is 65.4 Å². The van der Waals surface area contributed by atoms with E-state index in [0.717, 1.165) is 73.2 Å². The third kappa shape index (κ3) is 27.1. The summed E-state index contributed by atoms with van der Waals surface area (Å²) >= 11 is 0. The molecule has 0 radical (unpaired) electrons. The molecule has 0 bridgehead atoms. The molecule has 5 aromatic rings. The number of benzene rings is 5. The van der Waals surface area contributed by atoms with Crippen molar-refractivity contribution in [3.8, 4) is 34.5 Å². The number of esters is 1. The maximum absolute atomic E-state index is 9.82. The van der Waals surface area contributed by atoms with E-state index in [0.29, 0.717) is 56.7 Å². The van der Waals surface area contributed by atoms with Crippen LogP contribution in [-0.2, 0) is 60.2 Å². The van der Waals surface area contributed by atoms with Gasteiger partial charge >= 0.3 is 5.97 Å². The van der Waals surface area contributed by atoms with Crippen molar-refractivity contribution in [1.82, 2.24) is 0 Å². The molecule has 15 heteroatoms. The molecule has 4 atom stereocenters. The topological polar surface area (TPSA) is 148 Å². The van der Waals surface area contributed by atoms with E-state index >= 15 is 0 Å². The summed E-state index contributed by atoms with van der Waals surface area (Å²) in [7, 11) is 6.50. The standard InChI is InChI=1S/C35H46O6.C28H40O6.C4H8O2.CH3.Pd/c1-36-26-40-30-18-16-29(17-19-30)34-25-39-35-23-31(41-27-37-2)20-21-33(35)32(34)15-11-6-4-3-5-7-12-22-38-24-28-13-9-8-10-14-28;1-30-20-33-23-13-11-22(12-14-23)27-19-32-28-18-24(34-21-31-2)15-16-26(28)25(27)10-8-6-4-3-5-7-9-17-29;1-3-6-4(2)5;;/h8-10,13-14,16-21,23,32,34H,3-7,11-12,15,22,24-27H2,1-2H3;11-16,18,25,27,29H,3-10,17,19-21H2,1-2H3;3H2,1-2H3;1H3;/q;;;-1;/t32-,34-;25-,27-;;;/m11.../s1. The molecule has 2 aliphatic rings. The van der Waals surface area contributed by atoms with Gasteiger partial charge < -0.3 is 69.4 Å². The first-order chi connectivity index (χ1) is 39.8. The van der Waals surface area contributed by atoms with E-state index in [1.165, 1.54) is 105 Å². The first kappa shape index (κ1) is 72.1. The molecule has 464 valence electrons. The van der Waals surface area contributed by atoms with Crippen LogP contribution in [0.3, 0.4) is 0 Å². The minimum atomic E-state index is -0.211. The molecule has 0 saturated heterocycles. The van der Waals surface area contributed by atoms with Gasteiger partial charge in [-0.25, -0.2) is 0 Å². The number of hydrogen-bond acceptors (Lipinski definition) is 14. The van der Waals surface area contributed by atoms with Crippen LogP contribution in [0.1, 0.15) is 168 Å². The van der Waals surface area contributed by atoms with Crippen LogP contribution >= 0.6 is 0 Å². The van der Waals surface area contributed by atoms with Crippen molar-refractivity contribution in [3.63, 3.8) is 0 Å². The fourth-order valence-electron chi connectivity index (χ4n) is 10.4. The third-order valence-electron chi connectivity index (χ3n) is 14.5. The SMILES string of the molecule is CCOC(C)=O.COCOc1ccc([C@H]2COc3cc(OCOC)ccc3[C@H]2CCCCCCCCCO)cc1.COCOc1ccc([C@H]2COc3cc(OCOC)ccc3[C@H]2CCCCCCCCCOCc2ccccc2)cc1.[CH3-].[Pd]. The van der Waals surface area contributed by atoms with Gasteiger partial charge in [-0.05, 0) is 109 Å². The van der Waals surface area contributed by atoms with Crippen molar-refractivity contribution in [3.05, 3.63) is 151 Å². The quantitative estimate of drug-likeness (QED) is 0.0133. The molecule has 0 aliphatic carbocycles. The van der Waals surface area contributed by atoms with Gasteiger partial charge in [0.25, 0.3) is 0 Å². The van der Waals surface area contributed by atoms with Crippen molar-refractivity contribution in [1.29, 1.82) is 0 Å². The van der Waals surface area contributed by atoms with Gasteiger partial charge in [0.05, 0.1) is 26.4 Å². The smallest absolute Gasteiger partial charge is 0.302 e. The molecule has 7 rings (SSSR count). The number of unbranched alkanes of at least 4 members (excludes halogenated alkanes) is 12. The Balaban J connectivity index is 0.000000393. The van der Waals surface area contributed by atoms with Gasteiger partial charge in [0, 0.05) is 93.0 Å². The molecule has 0 spiro atoms. The first-order valence-corrected chi connectivity index (χ1v) is 29.4. The Bertz CT molecular complexity index is 2410. The Morgan fingerprint density at radius 2 is 0.892 bits per heavy atom. The van der Waals surface area contributed by atoms with Gasteiger partial charge in [0.15, 0.2) is 27.2 Å². The number of carbonyl (C=O) groups excluding carboxylic acids is 1. The van der Waals surface area contributed by atoms with Crippen molar-refractivity contribution in [2.75, 3.05) is 88.6 Å². The molecular weight excluding hydrogens is 1150 g/mol. The number of methoxy groups -OCH3 is 4. The van der Waals surface area contributed by atoms with Crippen molar-refractivity contribution >= 4 is 5.97 Å². The molecule has 0 fully saturated rings. The summed E-state index contributed by atoms with van der Waals surface area (Å²) in [6, 6.07) is 39.4. The minimum absolute atomic E-state index is 0. The average molecular weight is 1240 g/mol. The number of carbonyl (C=O) groups is 1. The molecule has 1 N–H and O–H groups in total. The predicted octanol–water partition coefficient (Wildman–Crippen LogP) is 15.3. The minimum Gasteiger partial charge on any atom is -0.492 e. The fourth-order valence-corrected chi connectivity index (χ4v) is 10.4. The second-order valence-corrected chi connectivity index (χ2v) is 20.5. The predicted molar refractivity (Wildman–Crippen MR) is 324 cm³/mol. The second-order valence-electron chi connectivity index (χ2n) is 20.5. The van der Waals surface area contributed by atoms with Crippen LogP contribution in [0, 0.1) is 7.43 Å². The van der Waals surface area contributed by atoms with Crippen LogP contribution in [0.4, 0.5) is 0 Å². The summed E-state index contributed by atoms with van der Waals surface area (Å²) in [5, 5.41) is 8.93. The van der Waals surface area contributed by atoms with E-state index in [9.17, 15) is 4.79 Å². The Kier molecular flexibility index (Phi) is 38.5. The molecule has 2 aliphatic heterocycles. The number of rotatable bonds is 36. The van der Waals surface area contributed by atoms with Crippen LogP contribution in [-0.4, -0.2) is 99.7 Å². The van der Waals surface area contributed by atoms with Crippen LogP contribution < -0.4 is 28.4 Å². The summed E-state index contributed by atoms with van der Waals surface area (Å²) in [6.45, 7) is 7.75. The number of hydrogen-bond donors (Lipinski definition) is 1. The Morgan fingerprint density at radius 1 is 0.506 bits per heavy atom. The van der Waals surface area contributed by atoms with E-state index in [-0.39, 0.29) is 61.0 Å². The Morgan fingerprint density at radius 3 is 1.28 bits per heavy atom. The number of fused-ring (bicyclic) bond motifs is 2. The van der Waals surface area contributed by atoms with Crippen molar-refractivity contribution in [2.45, 2.75) is 147 Å². The first-order valence-electron chi connectivity index (χ1n) is 29.4. The van der Waals surface area contributed by atoms with Crippen LogP contribution in [0.5, 0.6) is 34.5 Å². The summed E-state index contributed by atoms with van der Waals surface area (Å²) in [5.41, 5.74) is 6.31. The van der Waals surface area contributed by atoms with Crippen LogP contribution in [0.15, 0.2) is 115 Å². The van der Waals surface area contributed by atoms with Gasteiger partial charge in [0.1, 0.15) is 34.5 Å². The van der Waals surface area contributed by atoms with Crippen LogP contribution in [0.25, 0.3) is 0 Å². The largest absolute Gasteiger partial charge is 0.492 e. The van der Waals surface area contributed by atoms with Gasteiger partial charge in [-0.15, -0.1) is 0 Å². The zero-order chi connectivity index (χ0) is 57.5. The van der Waals surface area contributed by atoms with Gasteiger partial charge in [-0.1, -0.05) is 144 Å². The molecule has 2 heterocycles. The summed E-state index contributed by atoms with van der Waals surface area (Å²) < 4.78 is 65.3. The molecule has 14 nitrogen and oxygen atoms in total. The van der Waals surface area contributed by atoms with Crippen molar-refractivity contribution in [2.24, 2.45) is 0 Å². The second kappa shape index (κ2) is 44.3. The van der Waals surface area contributed by atoms with E-state index < -0.39 is 0 Å². The monoisotopic (exact) mass is 1240 g/mol. The summed E-state index contributed by atoms with van der Waals surface area (Å²) in [6.07, 6.45) is 19.1. The number of aliphatic hydroxyl groups is 1. The van der Waals surface area contributed by atoms with Gasteiger partial charge in [0.2, 0.25) is 0 Å². The maximum Gasteiger partial charge on any atom is 0.302 e. The Hall–Kier alpha value is -5.21. The average Bonchev–Trinajstić information content (AvgIpc) is 3.69. The molecule has 0 unspecified atom stereocenters. The molecule has 5 aromatic carbocycles. The van der Waals surface area contributed by atoms with E-state index in [1.807, 2.05) is 54.6 Å². The normalized spacial score (nSPS) is 15.6. The third-order valence-corrected chi connectivity index (χ3v) is 14.5. The van der Waals surface area contributed by atoms with Crippen LogP contribution in [0.2, 0.25) is 0 Å². The molecule has 0 saturated carbocycles. The molecule has 83 heavy (non-hydrogen) atoms. The van der Waals surface area contributed by atoms with E-state index in [1.54, 1.807) is 35.4 Å². The fraction of sp³-hybridized carbons (Fsp3) is 0.529. The molecule has 0 aromatic heterocycles. The molecule has 0 amide bonds. The molecular formula is C68H97O14Pd-. The van der Waals surface area contributed by atoms with Gasteiger partial charge in [-0.3, -0.25) is 4.79 Å². The van der Waals surface area contributed by atoms with E-state index in [4.69, 9.17) is 57.2 Å².